The molecule has 1 N–H and O–H groups in total. The van der Waals surface area contributed by atoms with Crippen LogP contribution < -0.4 is 15.1 Å². The van der Waals surface area contributed by atoms with Gasteiger partial charge in [0, 0.05) is 54.5 Å². The largest absolute Gasteiger partial charge is 0.381 e. The van der Waals surface area contributed by atoms with E-state index in [1.54, 1.807) is 0 Å². The van der Waals surface area contributed by atoms with Gasteiger partial charge < -0.3 is 24.6 Å². The second kappa shape index (κ2) is 18.9. The summed E-state index contributed by atoms with van der Waals surface area (Å²) in [6.45, 7) is 10.8. The van der Waals surface area contributed by atoms with E-state index >= 15 is 0 Å². The third-order valence-electron chi connectivity index (χ3n) is 11.0. The van der Waals surface area contributed by atoms with Crippen LogP contribution in [-0.2, 0) is 9.47 Å². The van der Waals surface area contributed by atoms with Crippen LogP contribution >= 0.6 is 0 Å². The Hall–Kier alpha value is -5.23. The van der Waals surface area contributed by atoms with Gasteiger partial charge in [-0.25, -0.2) is 0 Å². The van der Waals surface area contributed by atoms with Gasteiger partial charge in [0.25, 0.3) is 0 Å². The second-order valence-corrected chi connectivity index (χ2v) is 14.6. The molecule has 0 aliphatic heterocycles. The first-order chi connectivity index (χ1) is 27.1. The fourth-order valence-electron chi connectivity index (χ4n) is 8.10. The van der Waals surface area contributed by atoms with Crippen LogP contribution in [-0.4, -0.2) is 45.6 Å². The molecule has 282 valence electrons. The van der Waals surface area contributed by atoms with Crippen LogP contribution in [0.4, 0.5) is 28.4 Å². The molecule has 0 amide bonds. The highest BCUT2D eigenvalue weighted by Crippen LogP contribution is 2.40. The first-order valence-corrected chi connectivity index (χ1v) is 20.3. The van der Waals surface area contributed by atoms with Crippen molar-refractivity contribution < 1.29 is 9.47 Å². The lowest BCUT2D eigenvalue weighted by molar-refractivity contribution is 0.155. The van der Waals surface area contributed by atoms with Gasteiger partial charge in [-0.1, -0.05) is 68.3 Å². The fraction of sp³-hybridized carbons (Fsp3) is 0.300. The zero-order valence-corrected chi connectivity index (χ0v) is 32.8. The maximum absolute atomic E-state index is 5.81. The van der Waals surface area contributed by atoms with Crippen molar-refractivity contribution in [3.63, 3.8) is 0 Å². The number of benzene rings is 6. The zero-order valence-electron chi connectivity index (χ0n) is 32.8. The topological polar surface area (TPSA) is 37.0 Å². The van der Waals surface area contributed by atoms with Gasteiger partial charge in [0.05, 0.1) is 52.9 Å². The number of fused-ring (bicyclic) bond motifs is 1. The number of anilines is 5. The molecule has 0 bridgehead atoms. The Morgan fingerprint density at radius 2 is 1.02 bits per heavy atom. The molecule has 5 heteroatoms. The molecule has 2 atom stereocenters. The highest BCUT2D eigenvalue weighted by Gasteiger charge is 2.28. The van der Waals surface area contributed by atoms with E-state index in [1.807, 2.05) is 0 Å². The molecular formula is C50H56N3O2+. The zero-order chi connectivity index (χ0) is 37.8. The van der Waals surface area contributed by atoms with Gasteiger partial charge in [0.2, 0.25) is 0 Å². The van der Waals surface area contributed by atoms with Crippen molar-refractivity contribution in [1.29, 1.82) is 0 Å². The Kier molecular flexibility index (Phi) is 13.1. The SMILES string of the molecule is CCOCCN(c1ccccc1)c1ccc([C+](c2ccc(N(CCOCC)c3ccccc3)cc2)c2ccc(NC3CCCCC3C)c3ccccc23)cc1. The summed E-state index contributed by atoms with van der Waals surface area (Å²) in [4.78, 5) is 4.69. The average molecular weight is 731 g/mol. The van der Waals surface area contributed by atoms with E-state index in [0.717, 1.165) is 35.8 Å². The Labute approximate surface area is 328 Å². The van der Waals surface area contributed by atoms with Crippen molar-refractivity contribution in [3.8, 4) is 0 Å². The lowest BCUT2D eigenvalue weighted by Gasteiger charge is -2.31. The van der Waals surface area contributed by atoms with Gasteiger partial charge in [-0.05, 0) is 130 Å². The van der Waals surface area contributed by atoms with E-state index < -0.39 is 0 Å². The van der Waals surface area contributed by atoms with Gasteiger partial charge in [0.15, 0.2) is 0 Å². The first kappa shape index (κ1) is 38.1. The molecule has 1 aliphatic carbocycles. The average Bonchev–Trinajstić information content (AvgIpc) is 3.24. The molecule has 1 aliphatic rings. The van der Waals surface area contributed by atoms with Crippen molar-refractivity contribution in [2.24, 2.45) is 5.92 Å². The van der Waals surface area contributed by atoms with Gasteiger partial charge in [-0.2, -0.15) is 0 Å². The molecule has 6 aromatic carbocycles. The number of hydrogen-bond donors (Lipinski definition) is 1. The molecule has 0 radical (unpaired) electrons. The molecule has 1 fully saturated rings. The first-order valence-electron chi connectivity index (χ1n) is 20.3. The minimum atomic E-state index is 0.497. The van der Waals surface area contributed by atoms with Crippen LogP contribution in [0.5, 0.6) is 0 Å². The summed E-state index contributed by atoms with van der Waals surface area (Å²) in [6, 6.07) is 53.5. The molecule has 7 rings (SSSR count). The number of nitrogens with one attached hydrogen (secondary N) is 1. The lowest BCUT2D eigenvalue weighted by atomic mass is 9.82. The van der Waals surface area contributed by atoms with E-state index in [9.17, 15) is 0 Å². The summed E-state index contributed by atoms with van der Waals surface area (Å²) in [6.07, 6.45) is 5.14. The molecule has 0 aromatic heterocycles. The van der Waals surface area contributed by atoms with E-state index in [2.05, 4.69) is 181 Å². The number of para-hydroxylation sites is 2. The maximum atomic E-state index is 5.81. The standard InChI is InChI=1S/C50H56N3O2/c1-4-54-36-34-52(41-17-8-6-9-18-41)43-28-24-39(25-29-43)50(40-26-30-44(31-27-40)53(35-37-55-5-2)42-19-10-7-11-20-42)47-32-33-49(46-22-14-13-21-45(46)47)51-48-23-15-12-16-38(48)3/h6-11,13-14,17-22,24-33,38,48,51H,4-5,12,15-16,23,34-37H2,1-3H3/q+1. The van der Waals surface area contributed by atoms with Crippen LogP contribution in [0.2, 0.25) is 0 Å². The molecule has 0 heterocycles. The molecule has 6 aromatic rings. The highest BCUT2D eigenvalue weighted by molar-refractivity contribution is 5.98. The Bertz CT molecular complexity index is 1950. The smallest absolute Gasteiger partial charge is 0.0645 e. The van der Waals surface area contributed by atoms with Crippen molar-refractivity contribution in [2.75, 3.05) is 54.6 Å². The molecule has 0 spiro atoms. The van der Waals surface area contributed by atoms with Gasteiger partial charge in [-0.3, -0.25) is 0 Å². The van der Waals surface area contributed by atoms with E-state index in [0.29, 0.717) is 38.4 Å². The number of ether oxygens (including phenoxy) is 2. The second-order valence-electron chi connectivity index (χ2n) is 14.6. The van der Waals surface area contributed by atoms with Crippen LogP contribution in [0, 0.1) is 11.8 Å². The molecule has 0 saturated heterocycles. The van der Waals surface area contributed by atoms with E-state index in [1.165, 1.54) is 64.8 Å². The number of rotatable bonds is 17. The van der Waals surface area contributed by atoms with Crippen molar-refractivity contribution in [1.82, 2.24) is 0 Å². The quantitative estimate of drug-likeness (QED) is 0.0574. The monoisotopic (exact) mass is 730 g/mol. The van der Waals surface area contributed by atoms with E-state index in [-0.39, 0.29) is 0 Å². The van der Waals surface area contributed by atoms with Crippen molar-refractivity contribution >= 4 is 39.2 Å². The Morgan fingerprint density at radius 1 is 0.545 bits per heavy atom. The lowest BCUT2D eigenvalue weighted by Crippen LogP contribution is -2.30. The van der Waals surface area contributed by atoms with Gasteiger partial charge >= 0.3 is 0 Å². The predicted molar refractivity (Wildman–Crippen MR) is 232 cm³/mol. The third-order valence-corrected chi connectivity index (χ3v) is 11.0. The molecule has 1 saturated carbocycles. The summed E-state index contributed by atoms with van der Waals surface area (Å²) in [7, 11) is 0. The van der Waals surface area contributed by atoms with Crippen molar-refractivity contribution in [2.45, 2.75) is 52.5 Å². The summed E-state index contributed by atoms with van der Waals surface area (Å²) in [5.41, 5.74) is 9.41. The third kappa shape index (κ3) is 9.19. The van der Waals surface area contributed by atoms with Crippen LogP contribution in [0.3, 0.4) is 0 Å². The molecule has 55 heavy (non-hydrogen) atoms. The highest BCUT2D eigenvalue weighted by atomic mass is 16.5. The van der Waals surface area contributed by atoms with E-state index in [4.69, 9.17) is 9.47 Å². The van der Waals surface area contributed by atoms with Crippen LogP contribution in [0.15, 0.2) is 146 Å². The summed E-state index contributed by atoms with van der Waals surface area (Å²) >= 11 is 0. The molecule has 5 nitrogen and oxygen atoms in total. The van der Waals surface area contributed by atoms with Gasteiger partial charge in [-0.15, -0.1) is 0 Å². The minimum Gasteiger partial charge on any atom is -0.381 e. The summed E-state index contributed by atoms with van der Waals surface area (Å²) < 4.78 is 11.6. The number of hydrogen-bond acceptors (Lipinski definition) is 5. The Morgan fingerprint density at radius 3 is 1.53 bits per heavy atom. The minimum absolute atomic E-state index is 0.497. The maximum Gasteiger partial charge on any atom is 0.0645 e. The fourth-order valence-corrected chi connectivity index (χ4v) is 8.10. The molecule has 2 unspecified atom stereocenters. The Balaban J connectivity index is 1.29. The van der Waals surface area contributed by atoms with Crippen LogP contribution in [0.25, 0.3) is 10.8 Å². The normalized spacial score (nSPS) is 15.5. The number of nitrogens with zero attached hydrogens (tertiary/aromatic N) is 2. The van der Waals surface area contributed by atoms with Gasteiger partial charge in [0.1, 0.15) is 0 Å². The van der Waals surface area contributed by atoms with Crippen molar-refractivity contribution in [3.05, 3.63) is 168 Å². The predicted octanol–water partition coefficient (Wildman–Crippen LogP) is 12.2. The summed E-state index contributed by atoms with van der Waals surface area (Å²) in [5.74, 6) is 1.88. The molecular weight excluding hydrogens is 675 g/mol. The van der Waals surface area contributed by atoms with Crippen LogP contribution in [0.1, 0.15) is 63.1 Å². The summed E-state index contributed by atoms with van der Waals surface area (Å²) in [5, 5.41) is 6.51.